The van der Waals surface area contributed by atoms with Gasteiger partial charge in [0.15, 0.2) is 0 Å². The van der Waals surface area contributed by atoms with Crippen molar-refractivity contribution in [2.45, 2.75) is 51.2 Å². The molecule has 0 spiro atoms. The van der Waals surface area contributed by atoms with Crippen molar-refractivity contribution in [2.75, 3.05) is 6.61 Å². The lowest BCUT2D eigenvalue weighted by Gasteiger charge is -2.20. The number of carbonyl (C=O) groups is 1. The Morgan fingerprint density at radius 2 is 2.44 bits per heavy atom. The highest BCUT2D eigenvalue weighted by molar-refractivity contribution is 5.76. The monoisotopic (exact) mass is 223 g/mol. The van der Waals surface area contributed by atoms with E-state index in [1.807, 2.05) is 6.92 Å². The molecular formula is C13H21NO2. The molecular weight excluding hydrogens is 202 g/mol. The number of nitrogens with one attached hydrogen (secondary N) is 1. The van der Waals surface area contributed by atoms with Gasteiger partial charge in [-0.2, -0.15) is 0 Å². The average Bonchev–Trinajstić information content (AvgIpc) is 2.88. The molecule has 0 unspecified atom stereocenters. The minimum atomic E-state index is 0.153. The third-order valence-electron chi connectivity index (χ3n) is 3.47. The van der Waals surface area contributed by atoms with Crippen LogP contribution in [-0.4, -0.2) is 24.7 Å². The standard InChI is InChI=1S/C13H21NO2/c1-10(12-7-4-8-16-12)14-13(15)9-11-5-2-3-6-11/h2,5,10-12H,3-4,6-9H2,1H3,(H,14,15)/t10-,11+,12+/m0/s1. The smallest absolute Gasteiger partial charge is 0.220 e. The summed E-state index contributed by atoms with van der Waals surface area (Å²) in [7, 11) is 0. The van der Waals surface area contributed by atoms with Crippen LogP contribution in [0, 0.1) is 5.92 Å². The largest absolute Gasteiger partial charge is 0.376 e. The van der Waals surface area contributed by atoms with Gasteiger partial charge in [0.2, 0.25) is 5.91 Å². The van der Waals surface area contributed by atoms with Gasteiger partial charge < -0.3 is 10.1 Å². The van der Waals surface area contributed by atoms with Crippen molar-refractivity contribution in [3.05, 3.63) is 12.2 Å². The van der Waals surface area contributed by atoms with Crippen molar-refractivity contribution in [2.24, 2.45) is 5.92 Å². The molecule has 90 valence electrons. The fraction of sp³-hybridized carbons (Fsp3) is 0.769. The van der Waals surface area contributed by atoms with Gasteiger partial charge in [0.05, 0.1) is 12.1 Å². The van der Waals surface area contributed by atoms with Crippen LogP contribution in [0.4, 0.5) is 0 Å². The summed E-state index contributed by atoms with van der Waals surface area (Å²) in [6, 6.07) is 0.153. The van der Waals surface area contributed by atoms with Crippen molar-refractivity contribution in [3.8, 4) is 0 Å². The van der Waals surface area contributed by atoms with Gasteiger partial charge in [-0.1, -0.05) is 12.2 Å². The summed E-state index contributed by atoms with van der Waals surface area (Å²) >= 11 is 0. The summed E-state index contributed by atoms with van der Waals surface area (Å²) < 4.78 is 5.56. The Morgan fingerprint density at radius 1 is 1.56 bits per heavy atom. The molecule has 1 saturated heterocycles. The molecule has 2 aliphatic rings. The summed E-state index contributed by atoms with van der Waals surface area (Å²) in [5.41, 5.74) is 0. The molecule has 0 aromatic carbocycles. The summed E-state index contributed by atoms with van der Waals surface area (Å²) in [6.07, 6.45) is 9.64. The lowest BCUT2D eigenvalue weighted by atomic mass is 10.0. The first kappa shape index (κ1) is 11.6. The molecule has 3 heteroatoms. The Labute approximate surface area is 97.2 Å². The van der Waals surface area contributed by atoms with E-state index in [1.54, 1.807) is 0 Å². The molecule has 1 N–H and O–H groups in total. The minimum Gasteiger partial charge on any atom is -0.376 e. The third kappa shape index (κ3) is 3.08. The number of ether oxygens (including phenoxy) is 1. The van der Waals surface area contributed by atoms with Gasteiger partial charge in [-0.25, -0.2) is 0 Å². The predicted molar refractivity (Wildman–Crippen MR) is 63.1 cm³/mol. The maximum absolute atomic E-state index is 11.8. The molecule has 1 amide bonds. The van der Waals surface area contributed by atoms with Gasteiger partial charge >= 0.3 is 0 Å². The minimum absolute atomic E-state index is 0.153. The molecule has 3 nitrogen and oxygen atoms in total. The second-order valence-corrected chi connectivity index (χ2v) is 4.88. The number of carbonyl (C=O) groups excluding carboxylic acids is 1. The van der Waals surface area contributed by atoms with Gasteiger partial charge in [0, 0.05) is 13.0 Å². The van der Waals surface area contributed by atoms with Crippen LogP contribution < -0.4 is 5.32 Å². The lowest BCUT2D eigenvalue weighted by Crippen LogP contribution is -2.41. The lowest BCUT2D eigenvalue weighted by molar-refractivity contribution is -0.123. The fourth-order valence-corrected chi connectivity index (χ4v) is 2.51. The fourth-order valence-electron chi connectivity index (χ4n) is 2.51. The first-order valence-electron chi connectivity index (χ1n) is 6.33. The Morgan fingerprint density at radius 3 is 3.06 bits per heavy atom. The van der Waals surface area contributed by atoms with Crippen LogP contribution in [0.3, 0.4) is 0 Å². The van der Waals surface area contributed by atoms with Gasteiger partial charge in [-0.05, 0) is 38.5 Å². The molecule has 16 heavy (non-hydrogen) atoms. The van der Waals surface area contributed by atoms with E-state index in [4.69, 9.17) is 4.74 Å². The highest BCUT2D eigenvalue weighted by Gasteiger charge is 2.24. The van der Waals surface area contributed by atoms with E-state index >= 15 is 0 Å². The van der Waals surface area contributed by atoms with Gasteiger partial charge in [0.1, 0.15) is 0 Å². The Kier molecular flexibility index (Phi) is 3.99. The van der Waals surface area contributed by atoms with Crippen molar-refractivity contribution in [1.29, 1.82) is 0 Å². The summed E-state index contributed by atoms with van der Waals surface area (Å²) in [5.74, 6) is 0.622. The van der Waals surface area contributed by atoms with Crippen LogP contribution in [0.25, 0.3) is 0 Å². The van der Waals surface area contributed by atoms with Crippen LogP contribution in [0.5, 0.6) is 0 Å². The number of hydrogen-bond acceptors (Lipinski definition) is 2. The zero-order valence-corrected chi connectivity index (χ0v) is 9.95. The second kappa shape index (κ2) is 5.48. The van der Waals surface area contributed by atoms with Crippen LogP contribution in [-0.2, 0) is 9.53 Å². The zero-order chi connectivity index (χ0) is 11.4. The average molecular weight is 223 g/mol. The summed E-state index contributed by atoms with van der Waals surface area (Å²) in [6.45, 7) is 2.88. The van der Waals surface area contributed by atoms with E-state index in [-0.39, 0.29) is 18.1 Å². The molecule has 0 aromatic heterocycles. The molecule has 0 bridgehead atoms. The molecule has 1 aliphatic carbocycles. The van der Waals surface area contributed by atoms with Gasteiger partial charge in [0.25, 0.3) is 0 Å². The first-order chi connectivity index (χ1) is 7.75. The maximum atomic E-state index is 11.8. The van der Waals surface area contributed by atoms with E-state index < -0.39 is 0 Å². The van der Waals surface area contributed by atoms with Gasteiger partial charge in [-0.3, -0.25) is 4.79 Å². The number of hydrogen-bond donors (Lipinski definition) is 1. The van der Waals surface area contributed by atoms with Crippen LogP contribution in [0.1, 0.15) is 39.0 Å². The third-order valence-corrected chi connectivity index (χ3v) is 3.47. The molecule has 1 aliphatic heterocycles. The van der Waals surface area contributed by atoms with E-state index in [0.717, 1.165) is 32.3 Å². The van der Waals surface area contributed by atoms with Crippen molar-refractivity contribution in [1.82, 2.24) is 5.32 Å². The van der Waals surface area contributed by atoms with Crippen LogP contribution in [0.2, 0.25) is 0 Å². The Balaban J connectivity index is 1.71. The quantitative estimate of drug-likeness (QED) is 0.741. The van der Waals surface area contributed by atoms with Crippen LogP contribution in [0.15, 0.2) is 12.2 Å². The first-order valence-corrected chi connectivity index (χ1v) is 6.33. The molecule has 2 rings (SSSR count). The second-order valence-electron chi connectivity index (χ2n) is 4.88. The number of allylic oxidation sites excluding steroid dienone is 2. The Hall–Kier alpha value is -0.830. The summed E-state index contributed by atoms with van der Waals surface area (Å²) in [5, 5.41) is 3.05. The molecule has 0 radical (unpaired) electrons. The van der Waals surface area contributed by atoms with E-state index in [0.29, 0.717) is 12.3 Å². The predicted octanol–water partition coefficient (Wildman–Crippen LogP) is 2.03. The molecule has 1 heterocycles. The maximum Gasteiger partial charge on any atom is 0.220 e. The molecule has 0 saturated carbocycles. The number of rotatable bonds is 4. The topological polar surface area (TPSA) is 38.3 Å². The van der Waals surface area contributed by atoms with E-state index in [1.165, 1.54) is 0 Å². The normalized spacial score (nSPS) is 30.6. The summed E-state index contributed by atoms with van der Waals surface area (Å²) in [4.78, 5) is 11.8. The molecule has 0 aromatic rings. The van der Waals surface area contributed by atoms with Crippen LogP contribution >= 0.6 is 0 Å². The van der Waals surface area contributed by atoms with Crippen molar-refractivity contribution in [3.63, 3.8) is 0 Å². The molecule has 3 atom stereocenters. The number of amides is 1. The van der Waals surface area contributed by atoms with E-state index in [2.05, 4.69) is 17.5 Å². The van der Waals surface area contributed by atoms with Gasteiger partial charge in [-0.15, -0.1) is 0 Å². The highest BCUT2D eigenvalue weighted by Crippen LogP contribution is 2.20. The SMILES string of the molecule is C[C@H](NC(=O)C[C@@H]1C=CCC1)[C@H]1CCCO1. The van der Waals surface area contributed by atoms with Crippen molar-refractivity contribution >= 4 is 5.91 Å². The zero-order valence-electron chi connectivity index (χ0n) is 9.95. The Bertz CT molecular complexity index is 269. The van der Waals surface area contributed by atoms with E-state index in [9.17, 15) is 4.79 Å². The highest BCUT2D eigenvalue weighted by atomic mass is 16.5. The van der Waals surface area contributed by atoms with Crippen molar-refractivity contribution < 1.29 is 9.53 Å². The molecule has 1 fully saturated rings.